The average molecular weight is 417 g/mol. The van der Waals surface area contributed by atoms with Crippen molar-refractivity contribution in [2.45, 2.75) is 31.7 Å². The van der Waals surface area contributed by atoms with E-state index in [0.717, 1.165) is 33.8 Å². The van der Waals surface area contributed by atoms with E-state index in [1.807, 2.05) is 73.7 Å². The van der Waals surface area contributed by atoms with Crippen LogP contribution in [-0.2, 0) is 5.75 Å². The largest absolute Gasteiger partial charge is 0.361 e. The lowest BCUT2D eigenvalue weighted by molar-refractivity contribution is 0.393. The molecule has 2 aromatic carbocycles. The monoisotopic (exact) mass is 417 g/mol. The zero-order valence-electron chi connectivity index (χ0n) is 16.8. The van der Waals surface area contributed by atoms with Crippen molar-refractivity contribution in [3.05, 3.63) is 81.5 Å². The molecule has 150 valence electrons. The molecule has 0 saturated carbocycles. The summed E-state index contributed by atoms with van der Waals surface area (Å²) in [6, 6.07) is 15.4. The highest BCUT2D eigenvalue weighted by molar-refractivity contribution is 7.98. The molecule has 0 bridgehead atoms. The van der Waals surface area contributed by atoms with E-state index in [9.17, 15) is 4.79 Å². The van der Waals surface area contributed by atoms with Gasteiger partial charge in [0.15, 0.2) is 5.16 Å². The molecule has 0 aliphatic heterocycles. The highest BCUT2D eigenvalue weighted by Crippen LogP contribution is 2.27. The molecule has 0 atom stereocenters. The smallest absolute Gasteiger partial charge is 0.267 e. The van der Waals surface area contributed by atoms with Crippen LogP contribution in [0.2, 0.25) is 0 Å². The first kappa shape index (κ1) is 18.6. The summed E-state index contributed by atoms with van der Waals surface area (Å²) in [5.41, 5.74) is 4.36. The number of aryl methyl sites for hydroxylation is 3. The fraction of sp³-hybridized carbons (Fsp3) is 0.182. The van der Waals surface area contributed by atoms with Crippen LogP contribution in [0.3, 0.4) is 0 Å². The first-order valence-electron chi connectivity index (χ1n) is 9.55. The first-order valence-corrected chi connectivity index (χ1v) is 10.5. The number of thioether (sulfide) groups is 1. The number of hydrogen-bond acceptors (Lipinski definition) is 6. The standard InChI is InChI=1S/C22H19N5O2S/c1-13-7-6-8-14(2)19(13)27-20(28)17-9-4-5-10-18(17)26-21(27)23-24-22(26)30-12-16-11-15(3)29-25-16/h4-11H,12H2,1-3H3. The van der Waals surface area contributed by atoms with E-state index < -0.39 is 0 Å². The van der Waals surface area contributed by atoms with Gasteiger partial charge in [-0.3, -0.25) is 9.20 Å². The second kappa shape index (κ2) is 7.14. The van der Waals surface area contributed by atoms with E-state index in [1.165, 1.54) is 11.8 Å². The molecular formula is C22H19N5O2S. The second-order valence-corrected chi connectivity index (χ2v) is 8.18. The van der Waals surface area contributed by atoms with Gasteiger partial charge in [-0.25, -0.2) is 4.57 Å². The predicted octanol–water partition coefficient (Wildman–Crippen LogP) is 4.24. The Bertz CT molecular complexity index is 1440. The van der Waals surface area contributed by atoms with Gasteiger partial charge in [0.05, 0.1) is 22.3 Å². The minimum atomic E-state index is -0.105. The summed E-state index contributed by atoms with van der Waals surface area (Å²) >= 11 is 1.51. The number of nitrogens with zero attached hydrogens (tertiary/aromatic N) is 5. The molecule has 3 aromatic heterocycles. The van der Waals surface area contributed by atoms with Crippen LogP contribution in [0.4, 0.5) is 0 Å². The van der Waals surface area contributed by atoms with Crippen LogP contribution in [0.25, 0.3) is 22.4 Å². The Kier molecular flexibility index (Phi) is 4.43. The Morgan fingerprint density at radius 2 is 1.77 bits per heavy atom. The highest BCUT2D eigenvalue weighted by atomic mass is 32.2. The second-order valence-electron chi connectivity index (χ2n) is 7.23. The quantitative estimate of drug-likeness (QED) is 0.407. The summed E-state index contributed by atoms with van der Waals surface area (Å²) in [5, 5.41) is 14.2. The molecule has 3 heterocycles. The van der Waals surface area contributed by atoms with Crippen molar-refractivity contribution in [2.75, 3.05) is 0 Å². The molecule has 0 spiro atoms. The van der Waals surface area contributed by atoms with Crippen LogP contribution in [-0.4, -0.2) is 24.3 Å². The van der Waals surface area contributed by atoms with Gasteiger partial charge in [0, 0.05) is 11.8 Å². The third-order valence-corrected chi connectivity index (χ3v) is 6.05. The molecule has 5 rings (SSSR count). The lowest BCUT2D eigenvalue weighted by Crippen LogP contribution is -2.23. The van der Waals surface area contributed by atoms with Gasteiger partial charge < -0.3 is 4.52 Å². The Morgan fingerprint density at radius 1 is 1.00 bits per heavy atom. The Morgan fingerprint density at radius 3 is 2.50 bits per heavy atom. The maximum absolute atomic E-state index is 13.5. The maximum Gasteiger partial charge on any atom is 0.267 e. The van der Waals surface area contributed by atoms with Gasteiger partial charge in [0.2, 0.25) is 5.78 Å². The maximum atomic E-state index is 13.5. The van der Waals surface area contributed by atoms with Crippen LogP contribution in [0.5, 0.6) is 0 Å². The van der Waals surface area contributed by atoms with Gasteiger partial charge in [-0.2, -0.15) is 0 Å². The van der Waals surface area contributed by atoms with Crippen molar-refractivity contribution in [3.63, 3.8) is 0 Å². The van der Waals surface area contributed by atoms with Crippen molar-refractivity contribution >= 4 is 28.4 Å². The number of benzene rings is 2. The van der Waals surface area contributed by atoms with Gasteiger partial charge in [-0.15, -0.1) is 10.2 Å². The van der Waals surface area contributed by atoms with Crippen molar-refractivity contribution in [3.8, 4) is 5.69 Å². The fourth-order valence-corrected chi connectivity index (χ4v) is 4.58. The number of hydrogen-bond donors (Lipinski definition) is 0. The molecule has 0 fully saturated rings. The minimum absolute atomic E-state index is 0.105. The molecule has 8 heteroatoms. The predicted molar refractivity (Wildman–Crippen MR) is 116 cm³/mol. The topological polar surface area (TPSA) is 78.2 Å². The molecule has 0 aliphatic rings. The van der Waals surface area contributed by atoms with Crippen molar-refractivity contribution < 1.29 is 4.52 Å². The summed E-state index contributed by atoms with van der Waals surface area (Å²) in [5.74, 6) is 1.86. The molecule has 0 amide bonds. The zero-order chi connectivity index (χ0) is 20.8. The van der Waals surface area contributed by atoms with Crippen LogP contribution >= 0.6 is 11.8 Å². The lowest BCUT2D eigenvalue weighted by Gasteiger charge is -2.15. The average Bonchev–Trinajstić information content (AvgIpc) is 3.34. The molecule has 0 aliphatic carbocycles. The van der Waals surface area contributed by atoms with Crippen LogP contribution in [0.1, 0.15) is 22.6 Å². The third-order valence-electron chi connectivity index (χ3n) is 5.08. The fourth-order valence-electron chi connectivity index (χ4n) is 3.76. The number of para-hydroxylation sites is 2. The van der Waals surface area contributed by atoms with E-state index in [1.54, 1.807) is 4.57 Å². The molecular weight excluding hydrogens is 398 g/mol. The number of fused-ring (bicyclic) bond motifs is 3. The molecule has 0 N–H and O–H groups in total. The van der Waals surface area contributed by atoms with Crippen LogP contribution in [0, 0.1) is 20.8 Å². The normalized spacial score (nSPS) is 11.6. The molecule has 7 nitrogen and oxygen atoms in total. The Labute approximate surface area is 176 Å². The van der Waals surface area contributed by atoms with E-state index in [-0.39, 0.29) is 5.56 Å². The summed E-state index contributed by atoms with van der Waals surface area (Å²) in [7, 11) is 0. The van der Waals surface area contributed by atoms with Crippen molar-refractivity contribution in [1.82, 2.24) is 24.3 Å². The van der Waals surface area contributed by atoms with Gasteiger partial charge in [0.1, 0.15) is 5.76 Å². The zero-order valence-corrected chi connectivity index (χ0v) is 17.6. The summed E-state index contributed by atoms with van der Waals surface area (Å²) in [6.45, 7) is 5.86. The van der Waals surface area contributed by atoms with E-state index in [2.05, 4.69) is 15.4 Å². The van der Waals surface area contributed by atoms with Gasteiger partial charge in [0.25, 0.3) is 5.56 Å². The third kappa shape index (κ3) is 2.91. The molecule has 0 saturated heterocycles. The molecule has 30 heavy (non-hydrogen) atoms. The van der Waals surface area contributed by atoms with Gasteiger partial charge in [-0.1, -0.05) is 47.3 Å². The van der Waals surface area contributed by atoms with Gasteiger partial charge >= 0.3 is 0 Å². The molecule has 5 aromatic rings. The lowest BCUT2D eigenvalue weighted by atomic mass is 10.1. The van der Waals surface area contributed by atoms with E-state index in [4.69, 9.17) is 4.52 Å². The SMILES string of the molecule is Cc1cc(CSc2nnc3n(-c4c(C)cccc4C)c(=O)c4ccccc4n23)no1. The first-order chi connectivity index (χ1) is 14.5. The number of aromatic nitrogens is 5. The van der Waals surface area contributed by atoms with E-state index >= 15 is 0 Å². The van der Waals surface area contributed by atoms with Gasteiger partial charge in [-0.05, 0) is 44.0 Å². The summed E-state index contributed by atoms with van der Waals surface area (Å²) in [6.07, 6.45) is 0. The van der Waals surface area contributed by atoms with Crippen molar-refractivity contribution in [1.29, 1.82) is 0 Å². The number of rotatable bonds is 4. The summed E-state index contributed by atoms with van der Waals surface area (Å²) in [4.78, 5) is 13.5. The highest BCUT2D eigenvalue weighted by Gasteiger charge is 2.20. The Hall–Kier alpha value is -3.39. The molecule has 0 radical (unpaired) electrons. The van der Waals surface area contributed by atoms with Crippen LogP contribution in [0.15, 0.2) is 63.0 Å². The molecule has 0 unspecified atom stereocenters. The van der Waals surface area contributed by atoms with Crippen molar-refractivity contribution in [2.24, 2.45) is 0 Å². The van der Waals surface area contributed by atoms with E-state index in [0.29, 0.717) is 22.1 Å². The minimum Gasteiger partial charge on any atom is -0.361 e. The Balaban J connectivity index is 1.78. The summed E-state index contributed by atoms with van der Waals surface area (Å²) < 4.78 is 8.78. The van der Waals surface area contributed by atoms with Crippen LogP contribution < -0.4 is 5.56 Å².